The molecule has 1 saturated heterocycles. The molecule has 1 N–H and O–H groups in total. The molecule has 0 bridgehead atoms. The lowest BCUT2D eigenvalue weighted by atomic mass is 10.2. The van der Waals surface area contributed by atoms with Crippen LogP contribution in [0.4, 0.5) is 5.69 Å². The SMILES string of the molecule is COc1ccc(Cl)cc1N=C1NC(=O)/C(=C/c2ccc(OC(C)C)c(OC)c2)S1. The van der Waals surface area contributed by atoms with E-state index in [1.807, 2.05) is 32.0 Å². The van der Waals surface area contributed by atoms with Crippen LogP contribution in [0.5, 0.6) is 17.2 Å². The minimum absolute atomic E-state index is 0.0338. The van der Waals surface area contributed by atoms with Crippen molar-refractivity contribution >= 4 is 46.2 Å². The number of hydrogen-bond donors (Lipinski definition) is 1. The van der Waals surface area contributed by atoms with Crippen molar-refractivity contribution in [1.29, 1.82) is 0 Å². The fourth-order valence-electron chi connectivity index (χ4n) is 2.62. The van der Waals surface area contributed by atoms with Gasteiger partial charge in [-0.15, -0.1) is 0 Å². The maximum absolute atomic E-state index is 12.4. The fraction of sp³-hybridized carbons (Fsp3) is 0.238. The average Bonchev–Trinajstić information content (AvgIpc) is 3.01. The van der Waals surface area contributed by atoms with Crippen LogP contribution in [0.15, 0.2) is 46.3 Å². The summed E-state index contributed by atoms with van der Waals surface area (Å²) in [6.07, 6.45) is 1.81. The van der Waals surface area contributed by atoms with Gasteiger partial charge in [-0.2, -0.15) is 0 Å². The lowest BCUT2D eigenvalue weighted by Gasteiger charge is -2.13. The summed E-state index contributed by atoms with van der Waals surface area (Å²) in [7, 11) is 3.14. The number of amidine groups is 1. The highest BCUT2D eigenvalue weighted by molar-refractivity contribution is 8.18. The van der Waals surface area contributed by atoms with Crippen LogP contribution in [0, 0.1) is 0 Å². The van der Waals surface area contributed by atoms with E-state index in [0.717, 1.165) is 5.56 Å². The number of ether oxygens (including phenoxy) is 3. The van der Waals surface area contributed by atoms with Crippen LogP contribution < -0.4 is 19.5 Å². The van der Waals surface area contributed by atoms with Crippen molar-refractivity contribution in [3.05, 3.63) is 51.9 Å². The first-order valence-corrected chi connectivity index (χ1v) is 10.1. The van der Waals surface area contributed by atoms with Crippen LogP contribution in [-0.2, 0) is 4.79 Å². The predicted molar refractivity (Wildman–Crippen MR) is 118 cm³/mol. The Balaban J connectivity index is 1.85. The van der Waals surface area contributed by atoms with Crippen molar-refractivity contribution in [3.63, 3.8) is 0 Å². The zero-order valence-corrected chi connectivity index (χ0v) is 18.1. The van der Waals surface area contributed by atoms with Gasteiger partial charge in [-0.25, -0.2) is 4.99 Å². The van der Waals surface area contributed by atoms with Crippen molar-refractivity contribution in [2.45, 2.75) is 20.0 Å². The van der Waals surface area contributed by atoms with Gasteiger partial charge in [0.05, 0.1) is 25.2 Å². The Morgan fingerprint density at radius 1 is 1.07 bits per heavy atom. The van der Waals surface area contributed by atoms with Crippen LogP contribution in [0.25, 0.3) is 6.08 Å². The third-order valence-electron chi connectivity index (χ3n) is 3.86. The molecule has 0 aromatic heterocycles. The van der Waals surface area contributed by atoms with Gasteiger partial charge in [0, 0.05) is 5.02 Å². The summed E-state index contributed by atoms with van der Waals surface area (Å²) in [5.41, 5.74) is 1.36. The van der Waals surface area contributed by atoms with E-state index in [9.17, 15) is 4.79 Å². The zero-order chi connectivity index (χ0) is 21.0. The average molecular weight is 433 g/mol. The number of amides is 1. The number of nitrogens with zero attached hydrogens (tertiary/aromatic N) is 1. The maximum atomic E-state index is 12.4. The van der Waals surface area contributed by atoms with E-state index in [-0.39, 0.29) is 12.0 Å². The van der Waals surface area contributed by atoms with E-state index >= 15 is 0 Å². The molecule has 1 aliphatic heterocycles. The molecule has 29 heavy (non-hydrogen) atoms. The first-order chi connectivity index (χ1) is 13.9. The van der Waals surface area contributed by atoms with E-state index < -0.39 is 0 Å². The summed E-state index contributed by atoms with van der Waals surface area (Å²) in [4.78, 5) is 17.4. The Kier molecular flexibility index (Phi) is 6.71. The minimum atomic E-state index is -0.226. The number of methoxy groups -OCH3 is 2. The molecule has 152 valence electrons. The Bertz CT molecular complexity index is 989. The summed E-state index contributed by atoms with van der Waals surface area (Å²) in [5.74, 6) is 1.60. The van der Waals surface area contributed by atoms with Crippen molar-refractivity contribution in [1.82, 2.24) is 5.32 Å². The van der Waals surface area contributed by atoms with Gasteiger partial charge in [0.2, 0.25) is 0 Å². The molecule has 1 amide bonds. The molecule has 8 heteroatoms. The molecule has 2 aromatic carbocycles. The van der Waals surface area contributed by atoms with E-state index in [1.54, 1.807) is 38.5 Å². The summed E-state index contributed by atoms with van der Waals surface area (Å²) in [5, 5.41) is 3.75. The lowest BCUT2D eigenvalue weighted by molar-refractivity contribution is -0.115. The molecule has 0 saturated carbocycles. The molecule has 1 fully saturated rings. The summed E-state index contributed by atoms with van der Waals surface area (Å²) in [6.45, 7) is 3.90. The topological polar surface area (TPSA) is 69.2 Å². The minimum Gasteiger partial charge on any atom is -0.494 e. The van der Waals surface area contributed by atoms with Gasteiger partial charge >= 0.3 is 0 Å². The summed E-state index contributed by atoms with van der Waals surface area (Å²) < 4.78 is 16.4. The molecule has 0 radical (unpaired) electrons. The Morgan fingerprint density at radius 2 is 1.79 bits per heavy atom. The molecule has 0 spiro atoms. The lowest BCUT2D eigenvalue weighted by Crippen LogP contribution is -2.19. The first-order valence-electron chi connectivity index (χ1n) is 8.87. The number of halogens is 1. The van der Waals surface area contributed by atoms with E-state index in [1.165, 1.54) is 11.8 Å². The standard InChI is InChI=1S/C21H21ClN2O4S/c1-12(2)28-17-7-5-13(9-18(17)27-4)10-19-20(25)24-21(29-19)23-15-11-14(22)6-8-16(15)26-3/h5-12H,1-4H3,(H,23,24,25)/b19-10-. The number of rotatable bonds is 6. The highest BCUT2D eigenvalue weighted by atomic mass is 35.5. The Morgan fingerprint density at radius 3 is 2.48 bits per heavy atom. The van der Waals surface area contributed by atoms with Crippen molar-refractivity contribution in [2.75, 3.05) is 14.2 Å². The highest BCUT2D eigenvalue weighted by Crippen LogP contribution is 2.35. The molecule has 0 atom stereocenters. The molecule has 1 heterocycles. The number of carbonyl (C=O) groups excluding carboxylic acids is 1. The van der Waals surface area contributed by atoms with Gasteiger partial charge in [-0.05, 0) is 67.6 Å². The zero-order valence-electron chi connectivity index (χ0n) is 16.5. The predicted octanol–water partition coefficient (Wildman–Crippen LogP) is 5.04. The normalized spacial score (nSPS) is 16.4. The molecular weight excluding hydrogens is 412 g/mol. The fourth-order valence-corrected chi connectivity index (χ4v) is 3.62. The third-order valence-corrected chi connectivity index (χ3v) is 5.01. The van der Waals surface area contributed by atoms with E-state index in [4.69, 9.17) is 25.8 Å². The van der Waals surface area contributed by atoms with Gasteiger partial charge in [0.15, 0.2) is 16.7 Å². The summed E-state index contributed by atoms with van der Waals surface area (Å²) >= 11 is 7.29. The molecule has 0 aliphatic carbocycles. The number of benzene rings is 2. The number of aliphatic imine (C=N–C) groups is 1. The van der Waals surface area contributed by atoms with Crippen LogP contribution in [0.1, 0.15) is 19.4 Å². The molecule has 3 rings (SSSR count). The van der Waals surface area contributed by atoms with Crippen molar-refractivity contribution < 1.29 is 19.0 Å². The second-order valence-electron chi connectivity index (χ2n) is 6.37. The number of hydrogen-bond acceptors (Lipinski definition) is 6. The van der Waals surface area contributed by atoms with Gasteiger partial charge in [-0.3, -0.25) is 4.79 Å². The number of carbonyl (C=O) groups is 1. The van der Waals surface area contributed by atoms with Gasteiger partial charge in [-0.1, -0.05) is 17.7 Å². The van der Waals surface area contributed by atoms with Gasteiger partial charge in [0.1, 0.15) is 11.4 Å². The smallest absolute Gasteiger partial charge is 0.264 e. The second-order valence-corrected chi connectivity index (χ2v) is 7.84. The maximum Gasteiger partial charge on any atom is 0.264 e. The van der Waals surface area contributed by atoms with E-state index in [0.29, 0.717) is 38.0 Å². The first kappa shape index (κ1) is 21.1. The van der Waals surface area contributed by atoms with E-state index in [2.05, 4.69) is 10.3 Å². The van der Waals surface area contributed by atoms with Gasteiger partial charge in [0.25, 0.3) is 5.91 Å². The molecule has 2 aromatic rings. The third kappa shape index (κ3) is 5.25. The quantitative estimate of drug-likeness (QED) is 0.648. The number of thioether (sulfide) groups is 1. The summed E-state index contributed by atoms with van der Waals surface area (Å²) in [6, 6.07) is 10.7. The second kappa shape index (κ2) is 9.24. The highest BCUT2D eigenvalue weighted by Gasteiger charge is 2.24. The van der Waals surface area contributed by atoms with Gasteiger partial charge < -0.3 is 19.5 Å². The molecular formula is C21H21ClN2O4S. The molecule has 0 unspecified atom stereocenters. The van der Waals surface area contributed by atoms with Crippen molar-refractivity contribution in [2.24, 2.45) is 4.99 Å². The molecule has 6 nitrogen and oxygen atoms in total. The van der Waals surface area contributed by atoms with Crippen LogP contribution in [0.2, 0.25) is 5.02 Å². The van der Waals surface area contributed by atoms with Crippen LogP contribution >= 0.6 is 23.4 Å². The Labute approximate surface area is 178 Å². The van der Waals surface area contributed by atoms with Crippen LogP contribution in [0.3, 0.4) is 0 Å². The molecule has 1 aliphatic rings. The largest absolute Gasteiger partial charge is 0.494 e. The monoisotopic (exact) mass is 432 g/mol. The van der Waals surface area contributed by atoms with Crippen molar-refractivity contribution in [3.8, 4) is 17.2 Å². The Hall–Kier alpha value is -2.64. The number of nitrogens with one attached hydrogen (secondary N) is 1. The van der Waals surface area contributed by atoms with Crippen LogP contribution in [-0.4, -0.2) is 31.4 Å².